The highest BCUT2D eigenvalue weighted by atomic mass is 16.6. The predicted molar refractivity (Wildman–Crippen MR) is 466 cm³/mol. The van der Waals surface area contributed by atoms with Crippen LogP contribution in [0.4, 0.5) is 11.8 Å². The first-order valence-electron chi connectivity index (χ1n) is 44.3. The number of carbonyl (C=O) groups excluding carboxylic acids is 6. The summed E-state index contributed by atoms with van der Waals surface area (Å²) in [5.41, 5.74) is 19.3. The minimum Gasteiger partial charge on any atom is -0.460 e. The number of anilines is 2. The number of aromatic nitrogens is 8. The molecule has 1 aliphatic carbocycles. The summed E-state index contributed by atoms with van der Waals surface area (Å²) in [5.74, 6) is -8.00. The molecule has 33 heteroatoms. The van der Waals surface area contributed by atoms with Crippen molar-refractivity contribution < 1.29 is 100 Å². The Hall–Kier alpha value is -8.94. The number of rotatable bonds is 38. The molecule has 2 bridgehead atoms. The lowest BCUT2D eigenvalue weighted by Gasteiger charge is -2.42. The molecule has 6 aromatic rings. The monoisotopic (exact) mass is 1740 g/mol. The van der Waals surface area contributed by atoms with Crippen LogP contribution in [0.15, 0.2) is 107 Å². The molecule has 15 atom stereocenters. The number of esters is 1. The number of ether oxygens (including phenoxy) is 12. The molecule has 2 aromatic carbocycles. The van der Waals surface area contributed by atoms with Gasteiger partial charge in [0.2, 0.25) is 11.7 Å². The second-order valence-corrected chi connectivity index (χ2v) is 33.6. The van der Waals surface area contributed by atoms with Gasteiger partial charge in [-0.2, -0.15) is 10.1 Å². The number of amides is 2. The van der Waals surface area contributed by atoms with Crippen LogP contribution in [0.3, 0.4) is 0 Å². The van der Waals surface area contributed by atoms with Gasteiger partial charge in [-0.05, 0) is 156 Å². The molecule has 4 aliphatic rings. The number of fused-ring (bicyclic) bond motifs is 5. The van der Waals surface area contributed by atoms with Crippen molar-refractivity contribution >= 4 is 69.1 Å². The molecule has 7 N–H and O–H groups in total. The number of nitrogens with zero attached hydrogens (tertiary/aromatic N) is 9. The molecule has 10 rings (SSSR count). The Morgan fingerprint density at radius 3 is 2.15 bits per heavy atom. The lowest BCUT2D eigenvalue weighted by Crippen LogP contribution is -2.61. The van der Waals surface area contributed by atoms with Gasteiger partial charge in [0, 0.05) is 89.8 Å². The van der Waals surface area contributed by atoms with Crippen LogP contribution in [0.2, 0.25) is 0 Å². The van der Waals surface area contributed by atoms with Gasteiger partial charge in [0.15, 0.2) is 17.0 Å². The van der Waals surface area contributed by atoms with E-state index in [1.807, 2.05) is 101 Å². The van der Waals surface area contributed by atoms with Crippen molar-refractivity contribution in [2.45, 2.75) is 225 Å². The Labute approximate surface area is 732 Å². The number of oxazole rings is 1. The lowest BCUT2D eigenvalue weighted by atomic mass is 9.78. The number of nitrogens with one attached hydrogen (secondary N) is 1. The third-order valence-corrected chi connectivity index (χ3v) is 24.1. The number of ketones is 3. The maximum absolute atomic E-state index is 14.8. The summed E-state index contributed by atoms with van der Waals surface area (Å²) < 4.78 is 79.7. The third kappa shape index (κ3) is 29.0. The highest BCUT2D eigenvalue weighted by Gasteiger charge is 2.53. The van der Waals surface area contributed by atoms with E-state index in [0.29, 0.717) is 190 Å². The fourth-order valence-electron chi connectivity index (χ4n) is 16.7. The van der Waals surface area contributed by atoms with Crippen LogP contribution in [0.5, 0.6) is 0 Å². The highest BCUT2D eigenvalue weighted by molar-refractivity contribution is 6.39. The van der Waals surface area contributed by atoms with Crippen molar-refractivity contribution in [3.05, 3.63) is 119 Å². The van der Waals surface area contributed by atoms with Crippen molar-refractivity contribution in [3.8, 4) is 11.3 Å². The first-order chi connectivity index (χ1) is 60.3. The number of piperidine rings is 1. The Morgan fingerprint density at radius 2 is 1.45 bits per heavy atom. The SMILES string of the molecule is CO[C@H]1C[C@@H]2CC[C@@H](C)[C@@](O)(O2)C(=O)C(=O)N2CCCC[C@H]2C(=O)O[C@H]([C@H](C)C[C@@H]2CC[C@@H](OCCCCc3cn(CCOCCOCCOCCOCCOCCOCCC(=O)NCc4ccc(Cn5nc(-c6ccc7oc(N)nc7c6)c6c(N)ncnc65)cc4)nn3)[C@H](OC)C2)CC(=O)[C@H](C)/C=C(\C)[C@@H](O)[C@@H](OC)C(=O)[C@H](C)C[C@H](C)/C=C/C=C/C=C/1C. The number of nitrogen functional groups attached to an aromatic ring is 2. The van der Waals surface area contributed by atoms with Gasteiger partial charge in [-0.15, -0.1) is 5.10 Å². The molecule has 33 nitrogen and oxygen atoms in total. The van der Waals surface area contributed by atoms with E-state index in [4.69, 9.17) is 77.8 Å². The van der Waals surface area contributed by atoms with E-state index < -0.39 is 77.8 Å². The third-order valence-electron chi connectivity index (χ3n) is 24.1. The van der Waals surface area contributed by atoms with Gasteiger partial charge in [-0.1, -0.05) is 101 Å². The van der Waals surface area contributed by atoms with E-state index in [2.05, 4.69) is 30.6 Å². The zero-order valence-corrected chi connectivity index (χ0v) is 74.4. The molecular weight excluding hydrogens is 1610 g/mol. The van der Waals surface area contributed by atoms with Crippen LogP contribution in [0.1, 0.15) is 162 Å². The van der Waals surface area contributed by atoms with Crippen LogP contribution in [0, 0.1) is 35.5 Å². The number of carbonyl (C=O) groups is 6. The number of cyclic esters (lactones) is 1. The summed E-state index contributed by atoms with van der Waals surface area (Å²) in [6.07, 6.45) is 17.7. The number of aliphatic hydroxyl groups excluding tert-OH is 1. The largest absolute Gasteiger partial charge is 0.460 e. The zero-order chi connectivity index (χ0) is 89.4. The molecule has 686 valence electrons. The van der Waals surface area contributed by atoms with Gasteiger partial charge in [0.25, 0.3) is 17.7 Å². The van der Waals surface area contributed by atoms with E-state index in [1.165, 1.54) is 18.3 Å². The molecule has 0 radical (unpaired) electrons. The second-order valence-electron chi connectivity index (χ2n) is 33.6. The minimum absolute atomic E-state index is 0.00550. The topological polar surface area (TPSA) is 421 Å². The first-order valence-corrected chi connectivity index (χ1v) is 44.3. The number of benzene rings is 2. The maximum Gasteiger partial charge on any atom is 0.329 e. The molecule has 1 saturated carbocycles. The average Bonchev–Trinajstić information content (AvgIpc) is 0.810. The van der Waals surface area contributed by atoms with Gasteiger partial charge < -0.3 is 93.2 Å². The number of Topliss-reactive ketones (excluding diaryl/α,β-unsaturated/α-hetero) is 3. The molecule has 2 amide bonds. The standard InChI is InChI=1S/C92H132N12O21/c1-59-18-12-11-13-19-60(2)77(113-8)53-71-29-22-65(7)92(112,125-71)86(109)89(110)103-33-16-14-21-73(103)90(111)123-78(54-74(105)61(3)49-64(6)84(108)85(115-10)83(107)63(5)48-59)62(4)50-68-27-30-76(79(51-68)114-9)122-35-17-15-20-70-57-102(101-99-70)34-37-117-39-41-119-43-45-121-47-46-120-44-42-118-40-38-116-36-32-80(106)95-55-66-23-25-67(26-24-66)56-104-88-81(87(93)96-58-97-88)82(100-104)69-28-31-75-72(52-69)98-91(94)124-75/h11-13,18-19,23-26,28,31,49,52,57-59,61-63,65,68,71,73,76-79,84-85,108,112H,14-17,20-22,27,29-30,32-48,50-51,53-56H2,1-10H3,(H2,94,98)(H,95,106)(H2,93,96,97)/b13-11+,18-12+,60-19+,64-49+/t59-,61-,62-,63-,65-,68+,71+,73+,76-,77+,78+,79-,84-,85+,92-/m1/s1. The molecular formula is C92H132N12O21. The van der Waals surface area contributed by atoms with Gasteiger partial charge >= 0.3 is 5.97 Å². The average molecular weight is 1740 g/mol. The van der Waals surface area contributed by atoms with E-state index in [1.54, 1.807) is 56.5 Å². The highest BCUT2D eigenvalue weighted by Crippen LogP contribution is 2.40. The lowest BCUT2D eigenvalue weighted by molar-refractivity contribution is -0.265. The predicted octanol–water partition coefficient (Wildman–Crippen LogP) is 9.79. The van der Waals surface area contributed by atoms with E-state index in [-0.39, 0.29) is 85.9 Å². The summed E-state index contributed by atoms with van der Waals surface area (Å²) in [5, 5.41) is 40.9. The minimum atomic E-state index is -2.46. The number of aryl methyl sites for hydroxylation is 1. The summed E-state index contributed by atoms with van der Waals surface area (Å²) in [6, 6.07) is 12.3. The number of nitrogens with two attached hydrogens (primary N) is 2. The molecule has 2 saturated heterocycles. The van der Waals surface area contributed by atoms with Crippen LogP contribution in [-0.2, 0) is 112 Å². The Balaban J connectivity index is 0.569. The number of unbranched alkanes of at least 4 members (excludes halogenated alkanes) is 1. The first kappa shape index (κ1) is 98.2. The molecule has 3 fully saturated rings. The van der Waals surface area contributed by atoms with Crippen molar-refractivity contribution in [3.63, 3.8) is 0 Å². The van der Waals surface area contributed by atoms with Crippen LogP contribution < -0.4 is 16.8 Å². The summed E-state index contributed by atoms with van der Waals surface area (Å²) in [4.78, 5) is 99.0. The molecule has 3 aliphatic heterocycles. The van der Waals surface area contributed by atoms with Crippen molar-refractivity contribution in [1.82, 2.24) is 49.9 Å². The van der Waals surface area contributed by atoms with Crippen molar-refractivity contribution in [1.29, 1.82) is 0 Å². The van der Waals surface area contributed by atoms with Gasteiger partial charge in [0.05, 0.1) is 128 Å². The maximum atomic E-state index is 14.8. The molecule has 0 unspecified atom stereocenters. The number of methoxy groups -OCH3 is 3. The van der Waals surface area contributed by atoms with Gasteiger partial charge in [0.1, 0.15) is 53.5 Å². The number of aliphatic hydroxyl groups is 2. The van der Waals surface area contributed by atoms with Gasteiger partial charge in [-0.3, -0.25) is 24.0 Å². The van der Waals surface area contributed by atoms with Crippen molar-refractivity contribution in [2.75, 3.05) is 125 Å². The Kier molecular flexibility index (Phi) is 39.3. The normalized spacial score (nSPS) is 26.7. The second kappa shape index (κ2) is 50.0. The molecule has 7 heterocycles. The fraction of sp³-hybridized carbons (Fsp3) is 0.630. The number of hydrogen-bond acceptors (Lipinski definition) is 29. The van der Waals surface area contributed by atoms with E-state index in [9.17, 15) is 39.0 Å². The summed E-state index contributed by atoms with van der Waals surface area (Å²) >= 11 is 0. The Morgan fingerprint density at radius 1 is 0.744 bits per heavy atom. The molecule has 4 aromatic heterocycles. The van der Waals surface area contributed by atoms with E-state index in [0.717, 1.165) is 60.1 Å². The Bertz CT molecular complexity index is 4550. The molecule has 125 heavy (non-hydrogen) atoms. The van der Waals surface area contributed by atoms with Crippen LogP contribution >= 0.6 is 0 Å². The van der Waals surface area contributed by atoms with E-state index >= 15 is 0 Å². The van der Waals surface area contributed by atoms with Crippen LogP contribution in [-0.4, -0.2) is 258 Å². The number of allylic oxidation sites excluding steroid dienone is 6. The quantitative estimate of drug-likeness (QED) is 0.0104. The van der Waals surface area contributed by atoms with Crippen LogP contribution in [0.25, 0.3) is 33.4 Å². The molecule has 0 spiro atoms. The summed E-state index contributed by atoms with van der Waals surface area (Å²) in [6.45, 7) is 19.4. The van der Waals surface area contributed by atoms with Gasteiger partial charge in [-0.25, -0.2) is 24.1 Å². The smallest absolute Gasteiger partial charge is 0.329 e. The number of hydrogen-bond donors (Lipinski definition) is 5. The summed E-state index contributed by atoms with van der Waals surface area (Å²) in [7, 11) is 4.64. The fourth-order valence-corrected chi connectivity index (χ4v) is 16.7. The van der Waals surface area contributed by atoms with Crippen molar-refractivity contribution in [2.24, 2.45) is 35.5 Å². The zero-order valence-electron chi connectivity index (χ0n) is 74.4.